The van der Waals surface area contributed by atoms with E-state index in [1.54, 1.807) is 6.33 Å². The van der Waals surface area contributed by atoms with Crippen LogP contribution in [0.25, 0.3) is 22.3 Å². The average molecular weight is 650 g/mol. The van der Waals surface area contributed by atoms with Crippen LogP contribution in [-0.2, 0) is 34.5 Å². The summed E-state index contributed by atoms with van der Waals surface area (Å²) in [6, 6.07) is 18.2. The number of ether oxygens (including phenoxy) is 2. The summed E-state index contributed by atoms with van der Waals surface area (Å²) in [5.74, 6) is 0. The summed E-state index contributed by atoms with van der Waals surface area (Å²) < 4.78 is 14.7. The van der Waals surface area contributed by atoms with Gasteiger partial charge in [-0.2, -0.15) is 0 Å². The van der Waals surface area contributed by atoms with Crippen LogP contribution in [-0.4, -0.2) is 47.5 Å². The first-order valence-electron chi connectivity index (χ1n) is 14.5. The van der Waals surface area contributed by atoms with Gasteiger partial charge in [0.05, 0.1) is 5.69 Å². The minimum atomic E-state index is -1.15. The second-order valence-corrected chi connectivity index (χ2v) is 20.1. The summed E-state index contributed by atoms with van der Waals surface area (Å²) in [5, 5.41) is 4.07. The van der Waals surface area contributed by atoms with Gasteiger partial charge in [0.25, 0.3) is 0 Å². The molecule has 2 aromatic carbocycles. The Labute approximate surface area is 258 Å². The number of carbonyl (C=O) groups is 1. The van der Waals surface area contributed by atoms with Crippen LogP contribution in [0.3, 0.4) is 0 Å². The summed E-state index contributed by atoms with van der Waals surface area (Å²) >= 11 is 3.64. The van der Waals surface area contributed by atoms with Gasteiger partial charge in [-0.3, -0.25) is 0 Å². The number of rotatable bonds is 9. The Hall–Kier alpha value is -3.01. The average Bonchev–Trinajstić information content (AvgIpc) is 3.50. The van der Waals surface area contributed by atoms with Gasteiger partial charge in [-0.05, 0) is 80.6 Å². The second kappa shape index (κ2) is 11.9. The summed E-state index contributed by atoms with van der Waals surface area (Å²) in [7, 11) is -1.15. The SMILES string of the molecule is CC(C)(C)OC(=O)NCC1(c2cccc(-c3ncnc4c3ccn4COCC[Si](C)(C)C)c2)Cc2ccc(Br)cc2C1. The van der Waals surface area contributed by atoms with Crippen molar-refractivity contribution >= 4 is 41.1 Å². The zero-order valence-electron chi connectivity index (χ0n) is 25.5. The standard InChI is InChI=1S/C33H41BrN4O3Si/c1-32(2,3)41-31(39)35-20-33(18-24-10-11-27(34)17-25(24)19-33)26-9-7-8-23(16-26)29-28-12-13-38(30(28)37-21-36-29)22-40-14-15-42(4,5)6/h7-13,16-17,21H,14-15,18-20,22H2,1-6H3,(H,35,39). The van der Waals surface area contributed by atoms with Crippen LogP contribution in [0.5, 0.6) is 0 Å². The fourth-order valence-electron chi connectivity index (χ4n) is 5.59. The number of halogens is 1. The van der Waals surface area contributed by atoms with Gasteiger partial charge in [-0.15, -0.1) is 0 Å². The lowest BCUT2D eigenvalue weighted by molar-refractivity contribution is 0.0514. The molecule has 0 aliphatic heterocycles. The fourth-order valence-corrected chi connectivity index (χ4v) is 6.75. The third-order valence-electron chi connectivity index (χ3n) is 7.73. The van der Waals surface area contributed by atoms with E-state index < -0.39 is 19.8 Å². The van der Waals surface area contributed by atoms with Crippen LogP contribution in [0, 0.1) is 0 Å². The van der Waals surface area contributed by atoms with E-state index >= 15 is 0 Å². The van der Waals surface area contributed by atoms with Crippen LogP contribution < -0.4 is 5.32 Å². The van der Waals surface area contributed by atoms with Gasteiger partial charge in [0.15, 0.2) is 0 Å². The van der Waals surface area contributed by atoms with Crippen LogP contribution in [0.1, 0.15) is 37.5 Å². The van der Waals surface area contributed by atoms with Crippen LogP contribution in [0.15, 0.2) is 65.5 Å². The molecule has 0 radical (unpaired) electrons. The first-order chi connectivity index (χ1) is 19.8. The molecule has 1 aliphatic carbocycles. The maximum absolute atomic E-state index is 12.7. The number of amides is 1. The highest BCUT2D eigenvalue weighted by molar-refractivity contribution is 9.10. The molecule has 1 atom stereocenters. The van der Waals surface area contributed by atoms with Crippen molar-refractivity contribution in [3.05, 3.63) is 82.2 Å². The van der Waals surface area contributed by atoms with E-state index in [1.165, 1.54) is 11.1 Å². The Morgan fingerprint density at radius 2 is 1.86 bits per heavy atom. The maximum atomic E-state index is 12.7. The van der Waals surface area contributed by atoms with Crippen molar-refractivity contribution in [2.45, 2.75) is 77.0 Å². The molecule has 2 aromatic heterocycles. The highest BCUT2D eigenvalue weighted by Gasteiger charge is 2.40. The van der Waals surface area contributed by atoms with E-state index in [1.807, 2.05) is 31.5 Å². The molecule has 9 heteroatoms. The molecule has 0 bridgehead atoms. The molecule has 0 spiro atoms. The largest absolute Gasteiger partial charge is 0.444 e. The van der Waals surface area contributed by atoms with E-state index in [0.717, 1.165) is 57.8 Å². The Bertz CT molecular complexity index is 1590. The maximum Gasteiger partial charge on any atom is 0.407 e. The number of nitrogens with zero attached hydrogens (tertiary/aromatic N) is 3. The Balaban J connectivity index is 1.44. The lowest BCUT2D eigenvalue weighted by Gasteiger charge is -2.31. The lowest BCUT2D eigenvalue weighted by Crippen LogP contribution is -2.43. The van der Waals surface area contributed by atoms with Crippen molar-refractivity contribution in [1.29, 1.82) is 0 Å². The van der Waals surface area contributed by atoms with Gasteiger partial charge < -0.3 is 19.4 Å². The highest BCUT2D eigenvalue weighted by Crippen LogP contribution is 2.42. The monoisotopic (exact) mass is 648 g/mol. The molecular formula is C33H41BrN4O3Si. The Kier molecular flexibility index (Phi) is 8.65. The van der Waals surface area contributed by atoms with E-state index in [0.29, 0.717) is 13.3 Å². The normalized spacial score (nSPS) is 16.9. The summed E-state index contributed by atoms with van der Waals surface area (Å²) in [4.78, 5) is 22.0. The Morgan fingerprint density at radius 1 is 1.07 bits per heavy atom. The van der Waals surface area contributed by atoms with Crippen molar-refractivity contribution in [2.24, 2.45) is 0 Å². The molecule has 0 saturated heterocycles. The molecule has 1 unspecified atom stereocenters. The van der Waals surface area contributed by atoms with E-state index in [2.05, 4.69) is 94.4 Å². The number of aromatic nitrogens is 3. The van der Waals surface area contributed by atoms with Crippen molar-refractivity contribution < 1.29 is 14.3 Å². The zero-order chi connectivity index (χ0) is 30.1. The predicted molar refractivity (Wildman–Crippen MR) is 175 cm³/mol. The van der Waals surface area contributed by atoms with Crippen LogP contribution in [0.4, 0.5) is 4.79 Å². The third-order valence-corrected chi connectivity index (χ3v) is 9.92. The van der Waals surface area contributed by atoms with E-state index in [-0.39, 0.29) is 5.41 Å². The third kappa shape index (κ3) is 7.13. The van der Waals surface area contributed by atoms with Gasteiger partial charge in [-0.25, -0.2) is 14.8 Å². The number of nitrogens with one attached hydrogen (secondary N) is 1. The molecule has 0 saturated carbocycles. The predicted octanol–water partition coefficient (Wildman–Crippen LogP) is 7.73. The molecule has 4 aromatic rings. The van der Waals surface area contributed by atoms with Gasteiger partial charge in [0.2, 0.25) is 0 Å². The first kappa shape index (κ1) is 30.4. The Morgan fingerprint density at radius 3 is 2.62 bits per heavy atom. The second-order valence-electron chi connectivity index (χ2n) is 13.6. The minimum absolute atomic E-state index is 0.321. The number of fused-ring (bicyclic) bond motifs is 2. The van der Waals surface area contributed by atoms with E-state index in [4.69, 9.17) is 14.5 Å². The van der Waals surface area contributed by atoms with Gasteiger partial charge in [0, 0.05) is 48.3 Å². The van der Waals surface area contributed by atoms with E-state index in [9.17, 15) is 4.79 Å². The quantitative estimate of drug-likeness (QED) is 0.148. The zero-order valence-corrected chi connectivity index (χ0v) is 28.0. The molecule has 1 amide bonds. The first-order valence-corrected chi connectivity index (χ1v) is 19.0. The molecule has 2 heterocycles. The number of carbonyl (C=O) groups excluding carboxylic acids is 1. The topological polar surface area (TPSA) is 78.3 Å². The van der Waals surface area contributed by atoms with Crippen molar-refractivity contribution in [1.82, 2.24) is 19.9 Å². The molecule has 1 N–H and O–H groups in total. The minimum Gasteiger partial charge on any atom is -0.444 e. The van der Waals surface area contributed by atoms with Crippen molar-refractivity contribution in [3.63, 3.8) is 0 Å². The highest BCUT2D eigenvalue weighted by atomic mass is 79.9. The molecule has 222 valence electrons. The fraction of sp³-hybridized carbons (Fsp3) is 0.424. The lowest BCUT2D eigenvalue weighted by atomic mass is 9.77. The van der Waals surface area contributed by atoms with Gasteiger partial charge in [-0.1, -0.05) is 59.8 Å². The molecule has 42 heavy (non-hydrogen) atoms. The summed E-state index contributed by atoms with van der Waals surface area (Å²) in [6.45, 7) is 14.4. The summed E-state index contributed by atoms with van der Waals surface area (Å²) in [6.07, 6.45) is 4.89. The number of hydrogen-bond donors (Lipinski definition) is 1. The van der Waals surface area contributed by atoms with Crippen molar-refractivity contribution in [2.75, 3.05) is 13.2 Å². The van der Waals surface area contributed by atoms with Crippen LogP contribution in [0.2, 0.25) is 25.7 Å². The van der Waals surface area contributed by atoms with Crippen LogP contribution >= 0.6 is 15.9 Å². The molecule has 0 fully saturated rings. The number of benzene rings is 2. The number of alkyl carbamates (subject to hydrolysis) is 1. The van der Waals surface area contributed by atoms with Gasteiger partial charge in [0.1, 0.15) is 24.3 Å². The molecule has 5 rings (SSSR count). The van der Waals surface area contributed by atoms with Gasteiger partial charge >= 0.3 is 6.09 Å². The number of hydrogen-bond acceptors (Lipinski definition) is 5. The molecule has 7 nitrogen and oxygen atoms in total. The molecular weight excluding hydrogens is 608 g/mol. The summed E-state index contributed by atoms with van der Waals surface area (Å²) in [5.41, 5.74) is 5.62. The van der Waals surface area contributed by atoms with Crippen molar-refractivity contribution in [3.8, 4) is 11.3 Å². The smallest absolute Gasteiger partial charge is 0.407 e. The molecule has 1 aliphatic rings.